The lowest BCUT2D eigenvalue weighted by molar-refractivity contribution is 0.346. The van der Waals surface area contributed by atoms with Crippen LogP contribution in [-0.2, 0) is 26.5 Å². The molecule has 0 amide bonds. The predicted octanol–water partition coefficient (Wildman–Crippen LogP) is 2.39. The summed E-state index contributed by atoms with van der Waals surface area (Å²) in [7, 11) is -5.75. The number of sulfonamides is 2. The van der Waals surface area contributed by atoms with Gasteiger partial charge in [-0.1, -0.05) is 24.6 Å². The molecule has 1 aliphatic rings. The molecule has 29 heavy (non-hydrogen) atoms. The maximum Gasteiger partial charge on any atom is 0.243 e. The minimum atomic E-state index is -3.74. The summed E-state index contributed by atoms with van der Waals surface area (Å²) in [6.45, 7) is 1.22. The van der Waals surface area contributed by atoms with Gasteiger partial charge in [-0.25, -0.2) is 21.6 Å². The van der Waals surface area contributed by atoms with Gasteiger partial charge < -0.3 is 4.74 Å². The van der Waals surface area contributed by atoms with Crippen molar-refractivity contribution in [2.75, 3.05) is 26.7 Å². The molecule has 0 atom stereocenters. The molecule has 0 radical (unpaired) electrons. The molecule has 0 unspecified atom stereocenters. The highest BCUT2D eigenvalue weighted by molar-refractivity contribution is 7.89. The van der Waals surface area contributed by atoms with Crippen LogP contribution < -0.4 is 9.46 Å². The van der Waals surface area contributed by atoms with E-state index in [-0.39, 0.29) is 16.3 Å². The van der Waals surface area contributed by atoms with Crippen molar-refractivity contribution in [3.8, 4) is 5.75 Å². The molecule has 9 heteroatoms. The Balaban J connectivity index is 1.66. The average molecular weight is 439 g/mol. The fourth-order valence-electron chi connectivity index (χ4n) is 3.36. The van der Waals surface area contributed by atoms with Gasteiger partial charge in [0.1, 0.15) is 5.75 Å². The lowest BCUT2D eigenvalue weighted by atomic mass is 10.1. The standard InChI is InChI=1S/C20H26N2O5S2/c1-27-20-8-4-3-7-17(20)13-14-21-28(23,24)18-9-11-19(12-10-18)29(25,26)22-15-5-2-6-16-22/h3-4,7-12,21H,2,5-6,13-16H2,1H3. The number of nitrogens with zero attached hydrogens (tertiary/aromatic N) is 1. The maximum absolute atomic E-state index is 12.7. The number of piperidine rings is 1. The van der Waals surface area contributed by atoms with Gasteiger partial charge in [-0.05, 0) is 55.2 Å². The first-order chi connectivity index (χ1) is 13.8. The molecular weight excluding hydrogens is 412 g/mol. The zero-order chi connectivity index (χ0) is 20.9. The molecule has 0 aliphatic carbocycles. The topological polar surface area (TPSA) is 92.8 Å². The van der Waals surface area contributed by atoms with Crippen molar-refractivity contribution in [1.29, 1.82) is 0 Å². The smallest absolute Gasteiger partial charge is 0.243 e. The van der Waals surface area contributed by atoms with Gasteiger partial charge in [-0.2, -0.15) is 4.31 Å². The van der Waals surface area contributed by atoms with Gasteiger partial charge in [0.2, 0.25) is 20.0 Å². The average Bonchev–Trinajstić information content (AvgIpc) is 2.74. The zero-order valence-electron chi connectivity index (χ0n) is 16.4. The van der Waals surface area contributed by atoms with Crippen molar-refractivity contribution in [2.45, 2.75) is 35.5 Å². The van der Waals surface area contributed by atoms with Crippen LogP contribution >= 0.6 is 0 Å². The summed E-state index contributed by atoms with van der Waals surface area (Å²) < 4.78 is 59.7. The van der Waals surface area contributed by atoms with E-state index in [0.717, 1.165) is 24.8 Å². The Kier molecular flexibility index (Phi) is 6.94. The van der Waals surface area contributed by atoms with Gasteiger partial charge in [0.05, 0.1) is 16.9 Å². The number of nitrogens with one attached hydrogen (secondary N) is 1. The first-order valence-corrected chi connectivity index (χ1v) is 12.5. The first kappa shape index (κ1) is 21.8. The highest BCUT2D eigenvalue weighted by atomic mass is 32.2. The van der Waals surface area contributed by atoms with Gasteiger partial charge in [-0.15, -0.1) is 0 Å². The van der Waals surface area contributed by atoms with Gasteiger partial charge in [-0.3, -0.25) is 0 Å². The Bertz CT molecular complexity index is 1030. The zero-order valence-corrected chi connectivity index (χ0v) is 18.0. The van der Waals surface area contributed by atoms with Gasteiger partial charge in [0.15, 0.2) is 0 Å². The highest BCUT2D eigenvalue weighted by Gasteiger charge is 2.26. The van der Waals surface area contributed by atoms with E-state index in [0.29, 0.717) is 25.3 Å². The molecule has 0 spiro atoms. The highest BCUT2D eigenvalue weighted by Crippen LogP contribution is 2.22. The fourth-order valence-corrected chi connectivity index (χ4v) is 5.91. The van der Waals surface area contributed by atoms with Gasteiger partial charge in [0, 0.05) is 19.6 Å². The van der Waals surface area contributed by atoms with E-state index in [9.17, 15) is 16.8 Å². The van der Waals surface area contributed by atoms with E-state index < -0.39 is 20.0 Å². The molecule has 1 heterocycles. The van der Waals surface area contributed by atoms with Crippen LogP contribution in [-0.4, -0.2) is 47.9 Å². The molecule has 1 saturated heterocycles. The normalized spacial score (nSPS) is 15.9. The third-order valence-electron chi connectivity index (χ3n) is 4.97. The van der Waals surface area contributed by atoms with E-state index >= 15 is 0 Å². The minimum absolute atomic E-state index is 0.0371. The van der Waals surface area contributed by atoms with Crippen molar-refractivity contribution >= 4 is 20.0 Å². The summed E-state index contributed by atoms with van der Waals surface area (Å²) >= 11 is 0. The molecule has 7 nitrogen and oxygen atoms in total. The van der Waals surface area contributed by atoms with E-state index in [1.54, 1.807) is 7.11 Å². The van der Waals surface area contributed by atoms with Crippen LogP contribution in [0.25, 0.3) is 0 Å². The molecule has 3 rings (SSSR count). The molecule has 1 N–H and O–H groups in total. The van der Waals surface area contributed by atoms with Crippen molar-refractivity contribution < 1.29 is 21.6 Å². The second kappa shape index (κ2) is 9.25. The lowest BCUT2D eigenvalue weighted by Gasteiger charge is -2.25. The van der Waals surface area contributed by atoms with Crippen molar-refractivity contribution in [3.63, 3.8) is 0 Å². The van der Waals surface area contributed by atoms with Crippen LogP contribution in [0.3, 0.4) is 0 Å². The van der Waals surface area contributed by atoms with E-state index in [4.69, 9.17) is 4.74 Å². The Labute approximate surface area is 172 Å². The number of para-hydroxylation sites is 1. The van der Waals surface area contributed by atoms with E-state index in [1.807, 2.05) is 24.3 Å². The summed E-state index contributed by atoms with van der Waals surface area (Å²) in [6.07, 6.45) is 3.21. The number of ether oxygens (including phenoxy) is 1. The SMILES string of the molecule is COc1ccccc1CCNS(=O)(=O)c1ccc(S(=O)(=O)N2CCCCC2)cc1. The van der Waals surface area contributed by atoms with E-state index in [2.05, 4.69) is 4.72 Å². The predicted molar refractivity (Wildman–Crippen MR) is 111 cm³/mol. The second-order valence-electron chi connectivity index (χ2n) is 6.90. The minimum Gasteiger partial charge on any atom is -0.496 e. The molecule has 158 valence electrons. The van der Waals surface area contributed by atoms with Crippen LogP contribution in [0.4, 0.5) is 0 Å². The summed E-state index contributed by atoms with van der Waals surface area (Å²) in [5.41, 5.74) is 0.903. The molecule has 1 aliphatic heterocycles. The molecule has 1 fully saturated rings. The van der Waals surface area contributed by atoms with Crippen LogP contribution in [0.5, 0.6) is 5.75 Å². The third-order valence-corrected chi connectivity index (χ3v) is 8.36. The number of hydrogen-bond donors (Lipinski definition) is 1. The van der Waals surface area contributed by atoms with Crippen LogP contribution in [0.2, 0.25) is 0 Å². The summed E-state index contributed by atoms with van der Waals surface area (Å²) in [4.78, 5) is 0.155. The molecule has 2 aromatic carbocycles. The lowest BCUT2D eigenvalue weighted by Crippen LogP contribution is -2.35. The van der Waals surface area contributed by atoms with Crippen LogP contribution in [0, 0.1) is 0 Å². The largest absolute Gasteiger partial charge is 0.496 e. The number of rotatable bonds is 8. The second-order valence-corrected chi connectivity index (χ2v) is 10.6. The molecule has 0 saturated carbocycles. The van der Waals surface area contributed by atoms with Crippen molar-refractivity contribution in [2.24, 2.45) is 0 Å². The maximum atomic E-state index is 12.7. The fraction of sp³-hybridized carbons (Fsp3) is 0.400. The third kappa shape index (κ3) is 5.16. The summed E-state index contributed by atoms with van der Waals surface area (Å²) in [6, 6.07) is 12.8. The number of benzene rings is 2. The molecule has 0 bridgehead atoms. The summed E-state index contributed by atoms with van der Waals surface area (Å²) in [5, 5.41) is 0. The quantitative estimate of drug-likeness (QED) is 0.683. The molecular formula is C20H26N2O5S2. The Morgan fingerprint density at radius 2 is 1.52 bits per heavy atom. The Morgan fingerprint density at radius 1 is 0.897 bits per heavy atom. The van der Waals surface area contributed by atoms with Crippen LogP contribution in [0.15, 0.2) is 58.3 Å². The van der Waals surface area contributed by atoms with Crippen molar-refractivity contribution in [3.05, 3.63) is 54.1 Å². The number of methoxy groups -OCH3 is 1. The van der Waals surface area contributed by atoms with Crippen LogP contribution in [0.1, 0.15) is 24.8 Å². The monoisotopic (exact) mass is 438 g/mol. The van der Waals surface area contributed by atoms with Gasteiger partial charge in [0.25, 0.3) is 0 Å². The van der Waals surface area contributed by atoms with E-state index in [1.165, 1.54) is 28.6 Å². The Morgan fingerprint density at radius 3 is 2.17 bits per heavy atom. The summed E-state index contributed by atoms with van der Waals surface area (Å²) in [5.74, 6) is 0.707. The van der Waals surface area contributed by atoms with Gasteiger partial charge >= 0.3 is 0 Å². The molecule has 2 aromatic rings. The first-order valence-electron chi connectivity index (χ1n) is 9.56. The number of hydrogen-bond acceptors (Lipinski definition) is 5. The van der Waals surface area contributed by atoms with Crippen molar-refractivity contribution in [1.82, 2.24) is 9.03 Å². The Hall–Kier alpha value is -1.94. The molecule has 0 aromatic heterocycles.